The maximum atomic E-state index is 12.9. The van der Waals surface area contributed by atoms with E-state index in [4.69, 9.17) is 0 Å². The third-order valence-corrected chi connectivity index (χ3v) is 3.69. The second kappa shape index (κ2) is 4.93. The molecule has 0 saturated carbocycles. The monoisotopic (exact) mass is 283 g/mol. The molecule has 0 bridgehead atoms. The molecule has 1 nitrogen and oxygen atoms in total. The Bertz CT molecular complexity index is 547. The highest BCUT2D eigenvalue weighted by Crippen LogP contribution is 2.46. The molecule has 0 spiro atoms. The fraction of sp³-hybridized carbons (Fsp3) is 0.214. The number of alkyl halides is 3. The van der Waals surface area contributed by atoms with Gasteiger partial charge in [-0.3, -0.25) is 4.98 Å². The molecule has 1 aromatic heterocycles. The Morgan fingerprint density at radius 2 is 1.63 bits per heavy atom. The fourth-order valence-electron chi connectivity index (χ4n) is 1.68. The minimum atomic E-state index is -4.30. The van der Waals surface area contributed by atoms with Crippen LogP contribution in [0, 0.1) is 0 Å². The summed E-state index contributed by atoms with van der Waals surface area (Å²) in [6.45, 7) is 1.15. The molecular formula is C14H13F3NP. The molecule has 1 aromatic carbocycles. The van der Waals surface area contributed by atoms with Crippen LogP contribution >= 0.6 is 9.24 Å². The summed E-state index contributed by atoms with van der Waals surface area (Å²) in [7, 11) is 1.88. The van der Waals surface area contributed by atoms with Crippen LogP contribution in [0.3, 0.4) is 0 Å². The molecule has 0 radical (unpaired) electrons. The number of benzene rings is 1. The minimum absolute atomic E-state index is 0.213. The van der Waals surface area contributed by atoms with Gasteiger partial charge in [0.05, 0.1) is 5.69 Å². The zero-order chi connectivity index (χ0) is 14.1. The fourth-order valence-corrected chi connectivity index (χ4v) is 1.88. The van der Waals surface area contributed by atoms with E-state index in [2.05, 4.69) is 4.98 Å². The lowest BCUT2D eigenvalue weighted by Gasteiger charge is -2.28. The SMILES string of the molecule is CC(P)(c1ccc(-c2ccccn2)cc1)C(F)(F)F. The van der Waals surface area contributed by atoms with Gasteiger partial charge in [-0.2, -0.15) is 13.2 Å². The normalized spacial score (nSPS) is 15.0. The van der Waals surface area contributed by atoms with E-state index in [1.165, 1.54) is 12.1 Å². The Labute approximate surface area is 112 Å². The van der Waals surface area contributed by atoms with Gasteiger partial charge < -0.3 is 0 Å². The van der Waals surface area contributed by atoms with E-state index in [1.807, 2.05) is 21.4 Å². The summed E-state index contributed by atoms with van der Waals surface area (Å²) in [6.07, 6.45) is -2.65. The molecule has 2 atom stereocenters. The highest BCUT2D eigenvalue weighted by Gasteiger charge is 2.48. The largest absolute Gasteiger partial charge is 0.401 e. The minimum Gasteiger partial charge on any atom is -0.256 e. The molecule has 0 aliphatic carbocycles. The van der Waals surface area contributed by atoms with Gasteiger partial charge in [0.1, 0.15) is 5.16 Å². The van der Waals surface area contributed by atoms with Crippen LogP contribution in [0.2, 0.25) is 0 Å². The standard InChI is InChI=1S/C14H13F3NP/c1-13(19,14(15,16)17)11-7-5-10(6-8-11)12-4-2-3-9-18-12/h2-9H,19H2,1H3. The van der Waals surface area contributed by atoms with Gasteiger partial charge in [0, 0.05) is 11.8 Å². The number of pyridine rings is 1. The molecule has 2 unspecified atom stereocenters. The maximum absolute atomic E-state index is 12.9. The van der Waals surface area contributed by atoms with Crippen molar-refractivity contribution < 1.29 is 13.2 Å². The van der Waals surface area contributed by atoms with Gasteiger partial charge in [-0.05, 0) is 24.6 Å². The van der Waals surface area contributed by atoms with E-state index in [0.29, 0.717) is 0 Å². The predicted octanol–water partition coefficient (Wildman–Crippen LogP) is 4.40. The van der Waals surface area contributed by atoms with Crippen LogP contribution in [0.15, 0.2) is 48.7 Å². The highest BCUT2D eigenvalue weighted by atomic mass is 31.0. The van der Waals surface area contributed by atoms with Crippen molar-refractivity contribution in [2.24, 2.45) is 0 Å². The van der Waals surface area contributed by atoms with E-state index in [0.717, 1.165) is 18.2 Å². The second-order valence-corrected chi connectivity index (χ2v) is 5.65. The number of hydrogen-bond acceptors (Lipinski definition) is 1. The molecule has 19 heavy (non-hydrogen) atoms. The van der Waals surface area contributed by atoms with Crippen LogP contribution < -0.4 is 0 Å². The van der Waals surface area contributed by atoms with Crippen molar-refractivity contribution in [2.75, 3.05) is 0 Å². The summed E-state index contributed by atoms with van der Waals surface area (Å²) in [5, 5.41) is -1.93. The average molecular weight is 283 g/mol. The molecule has 2 aromatic rings. The van der Waals surface area contributed by atoms with E-state index in [1.54, 1.807) is 24.4 Å². The van der Waals surface area contributed by atoms with Gasteiger partial charge in [0.15, 0.2) is 0 Å². The summed E-state index contributed by atoms with van der Waals surface area (Å²) in [4.78, 5) is 4.16. The summed E-state index contributed by atoms with van der Waals surface area (Å²) < 4.78 is 38.7. The smallest absolute Gasteiger partial charge is 0.256 e. The van der Waals surface area contributed by atoms with Crippen LogP contribution in [-0.4, -0.2) is 11.2 Å². The average Bonchev–Trinajstić information content (AvgIpc) is 2.39. The van der Waals surface area contributed by atoms with Crippen LogP contribution in [0.5, 0.6) is 0 Å². The lowest BCUT2D eigenvalue weighted by Crippen LogP contribution is -2.33. The predicted molar refractivity (Wildman–Crippen MR) is 72.8 cm³/mol. The molecule has 0 aliphatic heterocycles. The first-order valence-electron chi connectivity index (χ1n) is 5.70. The van der Waals surface area contributed by atoms with Gasteiger partial charge in [-0.1, -0.05) is 30.3 Å². The summed E-state index contributed by atoms with van der Waals surface area (Å²) in [6, 6.07) is 11.7. The number of halogens is 3. The Kier molecular flexibility index (Phi) is 3.64. The molecule has 0 amide bonds. The van der Waals surface area contributed by atoms with Gasteiger partial charge in [-0.15, -0.1) is 9.24 Å². The first-order valence-corrected chi connectivity index (χ1v) is 6.27. The topological polar surface area (TPSA) is 12.9 Å². The summed E-state index contributed by atoms with van der Waals surface area (Å²) >= 11 is 0. The molecular weight excluding hydrogens is 270 g/mol. The van der Waals surface area contributed by atoms with Crippen LogP contribution in [0.4, 0.5) is 13.2 Å². The molecule has 1 heterocycles. The lowest BCUT2D eigenvalue weighted by atomic mass is 9.97. The molecule has 0 saturated heterocycles. The number of nitrogens with zero attached hydrogens (tertiary/aromatic N) is 1. The van der Waals surface area contributed by atoms with E-state index < -0.39 is 11.3 Å². The quantitative estimate of drug-likeness (QED) is 0.744. The highest BCUT2D eigenvalue weighted by molar-refractivity contribution is 7.18. The van der Waals surface area contributed by atoms with Gasteiger partial charge in [0.25, 0.3) is 0 Å². The lowest BCUT2D eigenvalue weighted by molar-refractivity contribution is -0.158. The first kappa shape index (κ1) is 14.0. The van der Waals surface area contributed by atoms with Crippen molar-refractivity contribution >= 4 is 9.24 Å². The van der Waals surface area contributed by atoms with Crippen molar-refractivity contribution in [3.63, 3.8) is 0 Å². The van der Waals surface area contributed by atoms with Crippen molar-refractivity contribution in [1.29, 1.82) is 0 Å². The van der Waals surface area contributed by atoms with Crippen molar-refractivity contribution in [3.05, 3.63) is 54.2 Å². The maximum Gasteiger partial charge on any atom is 0.401 e. The van der Waals surface area contributed by atoms with E-state index >= 15 is 0 Å². The van der Waals surface area contributed by atoms with Crippen LogP contribution in [0.1, 0.15) is 12.5 Å². The zero-order valence-corrected chi connectivity index (χ0v) is 11.4. The molecule has 0 N–H and O–H groups in total. The Morgan fingerprint density at radius 1 is 1.00 bits per heavy atom. The van der Waals surface area contributed by atoms with E-state index in [-0.39, 0.29) is 5.56 Å². The Hall–Kier alpha value is -1.41. The van der Waals surface area contributed by atoms with E-state index in [9.17, 15) is 13.2 Å². The van der Waals surface area contributed by atoms with Crippen LogP contribution in [-0.2, 0) is 5.16 Å². The number of rotatable bonds is 2. The molecule has 0 fully saturated rings. The Morgan fingerprint density at radius 3 is 2.11 bits per heavy atom. The van der Waals surface area contributed by atoms with Crippen molar-refractivity contribution in [1.82, 2.24) is 4.98 Å². The molecule has 100 valence electrons. The number of hydrogen-bond donors (Lipinski definition) is 0. The van der Waals surface area contributed by atoms with Gasteiger partial charge >= 0.3 is 6.18 Å². The van der Waals surface area contributed by atoms with Gasteiger partial charge in [0.2, 0.25) is 0 Å². The third-order valence-electron chi connectivity index (χ3n) is 3.03. The first-order chi connectivity index (χ1) is 8.82. The number of aromatic nitrogens is 1. The second-order valence-electron chi connectivity index (χ2n) is 4.49. The van der Waals surface area contributed by atoms with Gasteiger partial charge in [-0.25, -0.2) is 0 Å². The molecule has 2 rings (SSSR count). The van der Waals surface area contributed by atoms with Crippen LogP contribution in [0.25, 0.3) is 11.3 Å². The zero-order valence-electron chi connectivity index (χ0n) is 10.3. The van der Waals surface area contributed by atoms with Crippen molar-refractivity contribution in [3.8, 4) is 11.3 Å². The summed E-state index contributed by atoms with van der Waals surface area (Å²) in [5.74, 6) is 0. The molecule has 5 heteroatoms. The Balaban J connectivity index is 2.35. The summed E-state index contributed by atoms with van der Waals surface area (Å²) in [5.41, 5.74) is 1.75. The van der Waals surface area contributed by atoms with Crippen molar-refractivity contribution in [2.45, 2.75) is 18.3 Å². The molecule has 0 aliphatic rings. The third kappa shape index (κ3) is 2.79.